The van der Waals surface area contributed by atoms with Crippen LogP contribution in [0.5, 0.6) is 0 Å². The van der Waals surface area contributed by atoms with Crippen LogP contribution in [-0.2, 0) is 6.54 Å². The van der Waals surface area contributed by atoms with E-state index in [1.54, 1.807) is 0 Å². The van der Waals surface area contributed by atoms with Gasteiger partial charge in [0.15, 0.2) is 0 Å². The van der Waals surface area contributed by atoms with Crippen molar-refractivity contribution < 1.29 is 22.4 Å². The maximum atomic E-state index is 13.6. The molecule has 1 heterocycles. The molecule has 3 nitrogen and oxygen atoms in total. The smallest absolute Gasteiger partial charge is 0.348 e. The van der Waals surface area contributed by atoms with Crippen molar-refractivity contribution in [3.05, 3.63) is 57.9 Å². The Labute approximate surface area is 141 Å². The first kappa shape index (κ1) is 17.7. The maximum absolute atomic E-state index is 13.6. The van der Waals surface area contributed by atoms with Crippen molar-refractivity contribution in [2.75, 3.05) is 0 Å². The lowest BCUT2D eigenvalue weighted by Gasteiger charge is -2.11. The summed E-state index contributed by atoms with van der Waals surface area (Å²) in [6.45, 7) is -0.158. The molecule has 1 aromatic heterocycles. The first-order valence-corrected chi connectivity index (χ1v) is 7.80. The second-order valence-corrected chi connectivity index (χ2v) is 6.29. The van der Waals surface area contributed by atoms with Gasteiger partial charge in [-0.05, 0) is 30.3 Å². The van der Waals surface area contributed by atoms with Crippen molar-refractivity contribution >= 4 is 33.6 Å². The highest BCUT2D eigenvalue weighted by atomic mass is 79.9. The highest BCUT2D eigenvalue weighted by molar-refractivity contribution is 9.10. The summed E-state index contributed by atoms with van der Waals surface area (Å²) in [6, 6.07) is 6.79. The van der Waals surface area contributed by atoms with Crippen molar-refractivity contribution in [1.29, 1.82) is 0 Å². The molecule has 0 aliphatic heterocycles. The van der Waals surface area contributed by atoms with E-state index in [9.17, 15) is 22.4 Å². The molecule has 0 bridgehead atoms. The molecule has 0 unspecified atom stereocenters. The number of amides is 1. The number of benzene rings is 1. The van der Waals surface area contributed by atoms with E-state index in [1.807, 2.05) is 0 Å². The largest absolute Gasteiger partial charge is 0.447 e. The molecule has 0 saturated heterocycles. The summed E-state index contributed by atoms with van der Waals surface area (Å²) in [4.78, 5) is 15.6. The summed E-state index contributed by atoms with van der Waals surface area (Å²) >= 11 is 2.70. The van der Waals surface area contributed by atoms with E-state index in [-0.39, 0.29) is 17.7 Å². The highest BCUT2D eigenvalue weighted by Crippen LogP contribution is 2.37. The second-order valence-electron chi connectivity index (χ2n) is 4.32. The van der Waals surface area contributed by atoms with Gasteiger partial charge in [-0.15, -0.1) is 0 Å². The topological polar surface area (TPSA) is 42.0 Å². The van der Waals surface area contributed by atoms with Crippen LogP contribution in [0.1, 0.15) is 15.9 Å². The fraction of sp³-hybridized carbons (Fsp3) is 0.143. The molecule has 0 fully saturated rings. The van der Waals surface area contributed by atoms with E-state index in [4.69, 9.17) is 0 Å². The van der Waals surface area contributed by atoms with Crippen molar-refractivity contribution in [3.8, 4) is 0 Å². The number of pyridine rings is 1. The van der Waals surface area contributed by atoms with Gasteiger partial charge in [-0.25, -0.2) is 9.37 Å². The number of nitrogens with one attached hydrogen (secondary N) is 1. The minimum Gasteiger partial charge on any atom is -0.348 e. The standard InChI is InChI=1S/C14H9BrF4N2OS/c15-9-3-4-11(16)8(6-9)7-21-12(22)10-2-1-5-20-13(10)23-14(17,18)19/h1-6H,7H2,(H,21,22). The summed E-state index contributed by atoms with van der Waals surface area (Å²) in [5.41, 5.74) is -4.56. The number of nitrogens with zero attached hydrogens (tertiary/aromatic N) is 1. The quantitative estimate of drug-likeness (QED) is 0.596. The minimum absolute atomic E-state index is 0.158. The molecule has 0 aliphatic rings. The zero-order chi connectivity index (χ0) is 17.0. The van der Waals surface area contributed by atoms with Crippen LogP contribution in [0.4, 0.5) is 17.6 Å². The number of carbonyl (C=O) groups excluding carboxylic acids is 1. The van der Waals surface area contributed by atoms with E-state index >= 15 is 0 Å². The first-order chi connectivity index (χ1) is 10.8. The summed E-state index contributed by atoms with van der Waals surface area (Å²) in [7, 11) is 0. The lowest BCUT2D eigenvalue weighted by atomic mass is 10.2. The Morgan fingerprint density at radius 3 is 2.74 bits per heavy atom. The monoisotopic (exact) mass is 408 g/mol. The van der Waals surface area contributed by atoms with Crippen molar-refractivity contribution in [2.24, 2.45) is 0 Å². The van der Waals surface area contributed by atoms with Gasteiger partial charge in [-0.1, -0.05) is 15.9 Å². The van der Waals surface area contributed by atoms with Gasteiger partial charge < -0.3 is 5.32 Å². The van der Waals surface area contributed by atoms with Gasteiger partial charge in [-0.3, -0.25) is 4.79 Å². The predicted octanol–water partition coefficient (Wildman–Crippen LogP) is 4.53. The molecule has 122 valence electrons. The Balaban J connectivity index is 2.14. The molecule has 2 aromatic rings. The third kappa shape index (κ3) is 5.21. The van der Waals surface area contributed by atoms with E-state index in [1.165, 1.54) is 36.5 Å². The number of hydrogen-bond donors (Lipinski definition) is 1. The Bertz CT molecular complexity index is 724. The molecule has 1 N–H and O–H groups in total. The lowest BCUT2D eigenvalue weighted by molar-refractivity contribution is -0.0329. The molecule has 0 saturated carbocycles. The number of thioether (sulfide) groups is 1. The second kappa shape index (κ2) is 7.31. The van der Waals surface area contributed by atoms with Crippen LogP contribution in [-0.4, -0.2) is 16.4 Å². The van der Waals surface area contributed by atoms with Gasteiger partial charge >= 0.3 is 5.51 Å². The molecular weight excluding hydrogens is 400 g/mol. The molecule has 1 amide bonds. The molecule has 0 radical (unpaired) electrons. The Morgan fingerprint density at radius 2 is 2.04 bits per heavy atom. The lowest BCUT2D eigenvalue weighted by Crippen LogP contribution is -2.24. The first-order valence-electron chi connectivity index (χ1n) is 6.19. The van der Waals surface area contributed by atoms with Gasteiger partial charge in [-0.2, -0.15) is 13.2 Å². The SMILES string of the molecule is O=C(NCc1cc(Br)ccc1F)c1cccnc1SC(F)(F)F. The summed E-state index contributed by atoms with van der Waals surface area (Å²) in [5.74, 6) is -1.28. The zero-order valence-corrected chi connectivity index (χ0v) is 13.7. The maximum Gasteiger partial charge on any atom is 0.447 e. The average Bonchev–Trinajstić information content (AvgIpc) is 2.47. The number of alkyl halides is 3. The van der Waals surface area contributed by atoms with Crippen LogP contribution < -0.4 is 5.32 Å². The van der Waals surface area contributed by atoms with Crippen LogP contribution in [0.25, 0.3) is 0 Å². The van der Waals surface area contributed by atoms with Gasteiger partial charge in [0, 0.05) is 34.5 Å². The molecule has 0 aliphatic carbocycles. The number of hydrogen-bond acceptors (Lipinski definition) is 3. The van der Waals surface area contributed by atoms with E-state index in [0.29, 0.717) is 4.47 Å². The Morgan fingerprint density at radius 1 is 1.30 bits per heavy atom. The summed E-state index contributed by atoms with van der Waals surface area (Å²) < 4.78 is 51.6. The molecule has 9 heteroatoms. The van der Waals surface area contributed by atoms with Crippen LogP contribution in [0, 0.1) is 5.82 Å². The predicted molar refractivity (Wildman–Crippen MR) is 81.4 cm³/mol. The van der Waals surface area contributed by atoms with Crippen LogP contribution in [0.2, 0.25) is 0 Å². The Kier molecular flexibility index (Phi) is 5.64. The molecule has 2 rings (SSSR count). The fourth-order valence-electron chi connectivity index (χ4n) is 1.70. The van der Waals surface area contributed by atoms with Crippen LogP contribution in [0.15, 0.2) is 46.0 Å². The van der Waals surface area contributed by atoms with Gasteiger partial charge in [0.2, 0.25) is 0 Å². The molecule has 1 aromatic carbocycles. The van der Waals surface area contributed by atoms with Crippen LogP contribution in [0.3, 0.4) is 0 Å². The summed E-state index contributed by atoms with van der Waals surface area (Å²) in [6.07, 6.45) is 1.17. The Hall–Kier alpha value is -1.61. The number of aromatic nitrogens is 1. The van der Waals surface area contributed by atoms with E-state index in [2.05, 4.69) is 26.2 Å². The fourth-order valence-corrected chi connectivity index (χ4v) is 2.72. The molecule has 23 heavy (non-hydrogen) atoms. The zero-order valence-electron chi connectivity index (χ0n) is 11.3. The van der Waals surface area contributed by atoms with Crippen LogP contribution >= 0.6 is 27.7 Å². The number of carbonyl (C=O) groups is 1. The molecule has 0 spiro atoms. The third-order valence-corrected chi connectivity index (χ3v) is 3.92. The van der Waals surface area contributed by atoms with Crippen molar-refractivity contribution in [3.63, 3.8) is 0 Å². The summed E-state index contributed by atoms with van der Waals surface area (Å²) in [5, 5.41) is 1.94. The normalized spacial score (nSPS) is 11.3. The third-order valence-electron chi connectivity index (χ3n) is 2.68. The number of rotatable bonds is 4. The van der Waals surface area contributed by atoms with E-state index < -0.39 is 34.0 Å². The van der Waals surface area contributed by atoms with Gasteiger partial charge in [0.05, 0.1) is 5.56 Å². The van der Waals surface area contributed by atoms with Crippen molar-refractivity contribution in [1.82, 2.24) is 10.3 Å². The molecular formula is C14H9BrF4N2OS. The average molecular weight is 409 g/mol. The van der Waals surface area contributed by atoms with Gasteiger partial charge in [0.25, 0.3) is 5.91 Å². The van der Waals surface area contributed by atoms with Crippen molar-refractivity contribution in [2.45, 2.75) is 17.1 Å². The minimum atomic E-state index is -4.56. The van der Waals surface area contributed by atoms with Gasteiger partial charge in [0.1, 0.15) is 10.8 Å². The van der Waals surface area contributed by atoms with E-state index in [0.717, 1.165) is 0 Å². The molecule has 0 atom stereocenters. The highest BCUT2D eigenvalue weighted by Gasteiger charge is 2.32. The number of halogens is 5.